The number of fused-ring (bicyclic) bond motifs is 15. The molecule has 0 amide bonds. The fourth-order valence-corrected chi connectivity index (χ4v) is 7.51. The predicted octanol–water partition coefficient (Wildman–Crippen LogP) is 10.3. The third-order valence-corrected chi connectivity index (χ3v) is 9.01. The molecule has 0 unspecified atom stereocenters. The van der Waals surface area contributed by atoms with Crippen molar-refractivity contribution in [1.29, 1.82) is 0 Å². The van der Waals surface area contributed by atoms with Crippen molar-refractivity contribution in [2.75, 3.05) is 0 Å². The van der Waals surface area contributed by atoms with Gasteiger partial charge < -0.3 is 8.80 Å². The van der Waals surface area contributed by atoms with E-state index in [0.717, 1.165) is 0 Å². The predicted molar refractivity (Wildman–Crippen MR) is 171 cm³/mol. The Balaban J connectivity index is 1.77. The smallest absolute Gasteiger partial charge is 0.0782 e. The van der Waals surface area contributed by atoms with Crippen LogP contribution in [0.25, 0.3) is 87.0 Å². The number of hydrogen-bond acceptors (Lipinski definition) is 0. The molecular formula is C38H22N2. The molecule has 0 aliphatic rings. The van der Waals surface area contributed by atoms with Gasteiger partial charge in [0.1, 0.15) is 0 Å². The van der Waals surface area contributed by atoms with Crippen LogP contribution in [0.15, 0.2) is 133 Å². The Morgan fingerprint density at radius 2 is 0.675 bits per heavy atom. The molecule has 40 heavy (non-hydrogen) atoms. The fourth-order valence-electron chi connectivity index (χ4n) is 7.51. The van der Waals surface area contributed by atoms with Crippen molar-refractivity contribution in [3.05, 3.63) is 133 Å². The van der Waals surface area contributed by atoms with Crippen molar-refractivity contribution < 1.29 is 0 Å². The van der Waals surface area contributed by atoms with Gasteiger partial charge in [-0.25, -0.2) is 0 Å². The lowest BCUT2D eigenvalue weighted by Gasteiger charge is -2.15. The van der Waals surface area contributed by atoms with Gasteiger partial charge in [0.25, 0.3) is 0 Å². The first-order chi connectivity index (χ1) is 19.9. The zero-order valence-electron chi connectivity index (χ0n) is 21.6. The molecule has 3 aromatic heterocycles. The molecule has 0 saturated carbocycles. The van der Waals surface area contributed by atoms with Gasteiger partial charge >= 0.3 is 0 Å². The van der Waals surface area contributed by atoms with E-state index in [-0.39, 0.29) is 0 Å². The highest BCUT2D eigenvalue weighted by Gasteiger charge is 2.21. The van der Waals surface area contributed by atoms with Gasteiger partial charge in [0.15, 0.2) is 0 Å². The van der Waals surface area contributed by atoms with Crippen LogP contribution in [0.4, 0.5) is 0 Å². The summed E-state index contributed by atoms with van der Waals surface area (Å²) in [6.07, 6.45) is 0. The van der Waals surface area contributed by atoms with E-state index in [0.29, 0.717) is 0 Å². The van der Waals surface area contributed by atoms with Gasteiger partial charge in [0.2, 0.25) is 0 Å². The number of para-hydroxylation sites is 4. The standard InChI is InChI=1S/C38H22N2/c1-3-15-27-23(11-1)24-12-2-4-16-28(24)38-35(27)31-19-9-17-29-25-13-5-7-20-32(25)39(36(29)31)34-22-10-18-30-26-14-6-8-21-33(26)40(38)37(30)34/h1-22H. The van der Waals surface area contributed by atoms with Crippen molar-refractivity contribution >= 4 is 87.0 Å². The average Bonchev–Trinajstić information content (AvgIpc) is 3.53. The molecule has 7 aromatic carbocycles. The molecule has 2 nitrogen and oxygen atoms in total. The second-order valence-corrected chi connectivity index (χ2v) is 10.9. The number of aromatic nitrogens is 2. The normalized spacial score (nSPS) is 12.5. The molecule has 0 N–H and O–H groups in total. The van der Waals surface area contributed by atoms with Crippen LogP contribution in [-0.4, -0.2) is 8.80 Å². The monoisotopic (exact) mass is 506 g/mol. The Kier molecular flexibility index (Phi) is 3.70. The second kappa shape index (κ2) is 7.19. The molecule has 10 aromatic rings. The Bertz CT molecular complexity index is 2700. The molecule has 184 valence electrons. The molecule has 0 saturated heterocycles. The van der Waals surface area contributed by atoms with Crippen LogP contribution in [-0.2, 0) is 0 Å². The van der Waals surface area contributed by atoms with Crippen molar-refractivity contribution in [3.8, 4) is 0 Å². The molecule has 0 fully saturated rings. The maximum Gasteiger partial charge on any atom is 0.0782 e. The molecule has 0 radical (unpaired) electrons. The van der Waals surface area contributed by atoms with E-state index >= 15 is 0 Å². The van der Waals surface area contributed by atoms with Crippen LogP contribution >= 0.6 is 0 Å². The van der Waals surface area contributed by atoms with Crippen molar-refractivity contribution in [3.63, 3.8) is 0 Å². The van der Waals surface area contributed by atoms with Crippen LogP contribution in [0.5, 0.6) is 0 Å². The SMILES string of the molecule is c1ccc2c(c1)c1ccccc1c1c2c2cccc3c4ccccc4n(c4cccc5c6ccccc6n1c54)c32. The van der Waals surface area contributed by atoms with Gasteiger partial charge in [0.05, 0.1) is 33.1 Å². The summed E-state index contributed by atoms with van der Waals surface area (Å²) in [6.45, 7) is 0. The van der Waals surface area contributed by atoms with Crippen LogP contribution in [0.1, 0.15) is 0 Å². The van der Waals surface area contributed by atoms with E-state index in [2.05, 4.69) is 142 Å². The van der Waals surface area contributed by atoms with Crippen LogP contribution in [0.3, 0.4) is 0 Å². The maximum atomic E-state index is 2.56. The lowest BCUT2D eigenvalue weighted by Crippen LogP contribution is -1.96. The second-order valence-electron chi connectivity index (χ2n) is 10.9. The summed E-state index contributed by atoms with van der Waals surface area (Å²) in [4.78, 5) is 0. The number of hydrogen-bond donors (Lipinski definition) is 0. The summed E-state index contributed by atoms with van der Waals surface area (Å²) in [5, 5.41) is 12.8. The van der Waals surface area contributed by atoms with Gasteiger partial charge in [-0.1, -0.05) is 115 Å². The van der Waals surface area contributed by atoms with Crippen LogP contribution < -0.4 is 0 Å². The molecule has 3 heterocycles. The highest BCUT2D eigenvalue weighted by Crippen LogP contribution is 2.44. The molecule has 10 rings (SSSR count). The summed E-state index contributed by atoms with van der Waals surface area (Å²) < 4.78 is 5.07. The van der Waals surface area contributed by atoms with E-state index < -0.39 is 0 Å². The summed E-state index contributed by atoms with van der Waals surface area (Å²) in [6, 6.07) is 49.3. The highest BCUT2D eigenvalue weighted by molar-refractivity contribution is 6.33. The van der Waals surface area contributed by atoms with Crippen molar-refractivity contribution in [2.24, 2.45) is 0 Å². The minimum atomic E-state index is 1.22. The third-order valence-electron chi connectivity index (χ3n) is 9.01. The third kappa shape index (κ3) is 2.33. The molecular weight excluding hydrogens is 484 g/mol. The van der Waals surface area contributed by atoms with E-state index in [1.165, 1.54) is 87.0 Å². The molecule has 0 spiro atoms. The number of benzene rings is 7. The molecule has 0 aliphatic heterocycles. The van der Waals surface area contributed by atoms with Gasteiger partial charge in [0, 0.05) is 37.7 Å². The quantitative estimate of drug-likeness (QED) is 0.181. The maximum absolute atomic E-state index is 2.56. The molecule has 0 aliphatic carbocycles. The highest BCUT2D eigenvalue weighted by atomic mass is 15.0. The summed E-state index contributed by atoms with van der Waals surface area (Å²) in [5.74, 6) is 0. The van der Waals surface area contributed by atoms with E-state index in [1.807, 2.05) is 0 Å². The van der Waals surface area contributed by atoms with Crippen molar-refractivity contribution in [2.45, 2.75) is 0 Å². The Labute approximate surface area is 228 Å². The Hall–Kier alpha value is -5.34. The van der Waals surface area contributed by atoms with Crippen LogP contribution in [0.2, 0.25) is 0 Å². The number of rotatable bonds is 0. The molecule has 0 atom stereocenters. The topological polar surface area (TPSA) is 8.82 Å². The Morgan fingerprint density at radius 3 is 1.40 bits per heavy atom. The molecule has 0 bridgehead atoms. The lowest BCUT2D eigenvalue weighted by molar-refractivity contribution is 1.30. The van der Waals surface area contributed by atoms with Gasteiger partial charge in [-0.2, -0.15) is 0 Å². The minimum absolute atomic E-state index is 1.22. The van der Waals surface area contributed by atoms with Crippen LogP contribution in [0, 0.1) is 0 Å². The first-order valence-corrected chi connectivity index (χ1v) is 13.9. The van der Waals surface area contributed by atoms with E-state index in [9.17, 15) is 0 Å². The Morgan fingerprint density at radius 1 is 0.250 bits per heavy atom. The van der Waals surface area contributed by atoms with Gasteiger partial charge in [-0.15, -0.1) is 0 Å². The zero-order chi connectivity index (χ0) is 25.9. The molecule has 2 heteroatoms. The van der Waals surface area contributed by atoms with E-state index in [4.69, 9.17) is 0 Å². The fraction of sp³-hybridized carbons (Fsp3) is 0. The van der Waals surface area contributed by atoms with Crippen molar-refractivity contribution in [1.82, 2.24) is 8.80 Å². The summed E-state index contributed by atoms with van der Waals surface area (Å²) in [5.41, 5.74) is 7.48. The lowest BCUT2D eigenvalue weighted by atomic mass is 9.95. The zero-order valence-corrected chi connectivity index (χ0v) is 21.6. The number of nitrogens with zero attached hydrogens (tertiary/aromatic N) is 2. The summed E-state index contributed by atoms with van der Waals surface area (Å²) in [7, 11) is 0. The summed E-state index contributed by atoms with van der Waals surface area (Å²) >= 11 is 0. The largest absolute Gasteiger partial charge is 0.306 e. The van der Waals surface area contributed by atoms with E-state index in [1.54, 1.807) is 0 Å². The van der Waals surface area contributed by atoms with Gasteiger partial charge in [-0.3, -0.25) is 0 Å². The van der Waals surface area contributed by atoms with Gasteiger partial charge in [-0.05, 0) is 34.4 Å². The first kappa shape index (κ1) is 20.6. The minimum Gasteiger partial charge on any atom is -0.306 e. The first-order valence-electron chi connectivity index (χ1n) is 13.9. The average molecular weight is 507 g/mol.